The van der Waals surface area contributed by atoms with Gasteiger partial charge in [0.25, 0.3) is 0 Å². The summed E-state index contributed by atoms with van der Waals surface area (Å²) in [5.41, 5.74) is 5.77. The molecule has 1 aromatic carbocycles. The van der Waals surface area contributed by atoms with Crippen molar-refractivity contribution in [2.24, 2.45) is 5.73 Å². The molecular weight excluding hydrogens is 300 g/mol. The van der Waals surface area contributed by atoms with E-state index in [1.54, 1.807) is 23.5 Å². The molecule has 3 N–H and O–H groups in total. The average molecular weight is 319 g/mol. The zero-order valence-electron chi connectivity index (χ0n) is 10.9. The predicted molar refractivity (Wildman–Crippen MR) is 86.2 cm³/mol. The fraction of sp³-hybridized carbons (Fsp3) is 0.462. The highest BCUT2D eigenvalue weighted by atomic mass is 35.5. The number of hydrogen-bond acceptors (Lipinski definition) is 4. The largest absolute Gasteiger partial charge is 0.354 e. The highest BCUT2D eigenvalue weighted by molar-refractivity contribution is 7.99. The first-order chi connectivity index (χ1) is 9.13. The summed E-state index contributed by atoms with van der Waals surface area (Å²) in [4.78, 5) is 12.8. The van der Waals surface area contributed by atoms with Crippen molar-refractivity contribution in [2.45, 2.75) is 17.4 Å². The summed E-state index contributed by atoms with van der Waals surface area (Å²) in [7, 11) is 0. The third kappa shape index (κ3) is 7.11. The summed E-state index contributed by atoms with van der Waals surface area (Å²) < 4.78 is 0. The molecule has 0 radical (unpaired) electrons. The van der Waals surface area contributed by atoms with Gasteiger partial charge in [0.1, 0.15) is 0 Å². The van der Waals surface area contributed by atoms with Gasteiger partial charge in [0.2, 0.25) is 5.91 Å². The van der Waals surface area contributed by atoms with Gasteiger partial charge in [-0.25, -0.2) is 0 Å². The molecule has 19 heavy (non-hydrogen) atoms. The first-order valence-corrected chi connectivity index (χ1v) is 8.80. The Morgan fingerprint density at radius 2 is 2.05 bits per heavy atom. The summed E-state index contributed by atoms with van der Waals surface area (Å²) in [6, 6.07) is 7.27. The maximum Gasteiger partial charge on any atom is 0.236 e. The van der Waals surface area contributed by atoms with E-state index in [1.807, 2.05) is 30.5 Å². The second-order valence-electron chi connectivity index (χ2n) is 3.98. The number of nitrogens with one attached hydrogen (secondary N) is 1. The zero-order valence-corrected chi connectivity index (χ0v) is 13.3. The van der Waals surface area contributed by atoms with E-state index in [2.05, 4.69) is 5.32 Å². The van der Waals surface area contributed by atoms with Gasteiger partial charge in [-0.05, 0) is 42.7 Å². The van der Waals surface area contributed by atoms with Crippen molar-refractivity contribution < 1.29 is 4.79 Å². The van der Waals surface area contributed by atoms with Crippen LogP contribution < -0.4 is 11.1 Å². The van der Waals surface area contributed by atoms with Crippen LogP contribution in [-0.4, -0.2) is 36.3 Å². The van der Waals surface area contributed by atoms with Crippen LogP contribution >= 0.6 is 35.1 Å². The number of carbonyl (C=O) groups excluding carboxylic acids is 1. The molecule has 0 saturated heterocycles. The van der Waals surface area contributed by atoms with Crippen LogP contribution in [0.25, 0.3) is 0 Å². The summed E-state index contributed by atoms with van der Waals surface area (Å²) >= 11 is 9.19. The van der Waals surface area contributed by atoms with E-state index in [-0.39, 0.29) is 5.91 Å². The molecule has 1 aromatic rings. The predicted octanol–water partition coefficient (Wildman–Crippen LogP) is 2.63. The van der Waals surface area contributed by atoms with Crippen LogP contribution in [0.1, 0.15) is 6.42 Å². The number of amides is 1. The van der Waals surface area contributed by atoms with Crippen LogP contribution in [0.4, 0.5) is 0 Å². The highest BCUT2D eigenvalue weighted by Gasteiger charge is 2.11. The maximum atomic E-state index is 11.6. The number of benzene rings is 1. The number of hydrogen-bond donors (Lipinski definition) is 2. The van der Waals surface area contributed by atoms with E-state index in [4.69, 9.17) is 17.3 Å². The molecule has 1 atom stereocenters. The second kappa shape index (κ2) is 9.53. The standard InChI is InChI=1S/C13H19ClN2OS2/c1-18-8-6-12(15)13(17)16-7-9-19-11-4-2-10(14)3-5-11/h2-5,12H,6-9,15H2,1H3,(H,16,17). The lowest BCUT2D eigenvalue weighted by Crippen LogP contribution is -2.41. The van der Waals surface area contributed by atoms with Crippen molar-refractivity contribution in [3.05, 3.63) is 29.3 Å². The molecule has 0 aliphatic rings. The summed E-state index contributed by atoms with van der Waals surface area (Å²) in [5, 5.41) is 3.59. The first-order valence-electron chi connectivity index (χ1n) is 6.04. The van der Waals surface area contributed by atoms with Gasteiger partial charge in [-0.3, -0.25) is 4.79 Å². The molecule has 0 fully saturated rings. The Morgan fingerprint density at radius 3 is 2.68 bits per heavy atom. The SMILES string of the molecule is CSCCC(N)C(=O)NCCSc1ccc(Cl)cc1. The molecular formula is C13H19ClN2OS2. The van der Waals surface area contributed by atoms with Crippen LogP contribution in [0, 0.1) is 0 Å². The third-order valence-corrected chi connectivity index (χ3v) is 4.36. The molecule has 1 rings (SSSR count). The molecule has 0 bridgehead atoms. The normalized spacial score (nSPS) is 12.2. The van der Waals surface area contributed by atoms with E-state index in [0.29, 0.717) is 6.54 Å². The number of rotatable bonds is 8. The topological polar surface area (TPSA) is 55.1 Å². The lowest BCUT2D eigenvalue weighted by Gasteiger charge is -2.11. The molecule has 1 amide bonds. The zero-order chi connectivity index (χ0) is 14.1. The fourth-order valence-electron chi connectivity index (χ4n) is 1.38. The summed E-state index contributed by atoms with van der Waals surface area (Å²) in [6.45, 7) is 0.624. The van der Waals surface area contributed by atoms with E-state index in [1.165, 1.54) is 0 Å². The summed E-state index contributed by atoms with van der Waals surface area (Å²) in [5.74, 6) is 1.67. The van der Waals surface area contributed by atoms with Gasteiger partial charge in [0.05, 0.1) is 6.04 Å². The number of halogens is 1. The smallest absolute Gasteiger partial charge is 0.236 e. The van der Waals surface area contributed by atoms with Crippen molar-refractivity contribution in [3.8, 4) is 0 Å². The average Bonchev–Trinajstić information content (AvgIpc) is 2.42. The Balaban J connectivity index is 2.16. The Bertz CT molecular complexity index is 387. The highest BCUT2D eigenvalue weighted by Crippen LogP contribution is 2.19. The van der Waals surface area contributed by atoms with E-state index < -0.39 is 6.04 Å². The number of carbonyl (C=O) groups is 1. The van der Waals surface area contributed by atoms with Crippen LogP contribution in [0.3, 0.4) is 0 Å². The van der Waals surface area contributed by atoms with Gasteiger partial charge in [-0.1, -0.05) is 11.6 Å². The molecule has 0 heterocycles. The van der Waals surface area contributed by atoms with Crippen molar-refractivity contribution in [3.63, 3.8) is 0 Å². The van der Waals surface area contributed by atoms with Gasteiger partial charge < -0.3 is 11.1 Å². The van der Waals surface area contributed by atoms with Crippen molar-refractivity contribution in [1.29, 1.82) is 0 Å². The van der Waals surface area contributed by atoms with Gasteiger partial charge >= 0.3 is 0 Å². The lowest BCUT2D eigenvalue weighted by atomic mass is 10.2. The molecule has 0 saturated carbocycles. The quantitative estimate of drug-likeness (QED) is 0.571. The van der Waals surface area contributed by atoms with Gasteiger partial charge in [0.15, 0.2) is 0 Å². The number of nitrogens with two attached hydrogens (primary N) is 1. The molecule has 0 aliphatic heterocycles. The van der Waals surface area contributed by atoms with Crippen molar-refractivity contribution in [1.82, 2.24) is 5.32 Å². The molecule has 106 valence electrons. The number of thioether (sulfide) groups is 2. The molecule has 0 spiro atoms. The molecule has 0 aliphatic carbocycles. The van der Waals surface area contributed by atoms with Crippen molar-refractivity contribution in [2.75, 3.05) is 24.3 Å². The third-order valence-electron chi connectivity index (χ3n) is 2.45. The Labute approximate surface area is 128 Å². The van der Waals surface area contributed by atoms with E-state index in [0.717, 1.165) is 27.8 Å². The summed E-state index contributed by atoms with van der Waals surface area (Å²) in [6.07, 6.45) is 2.73. The minimum atomic E-state index is -0.395. The van der Waals surface area contributed by atoms with Crippen molar-refractivity contribution >= 4 is 41.0 Å². The van der Waals surface area contributed by atoms with Crippen LogP contribution in [0.15, 0.2) is 29.2 Å². The Morgan fingerprint density at radius 1 is 1.37 bits per heavy atom. The Hall–Kier alpha value is -0.360. The van der Waals surface area contributed by atoms with E-state index >= 15 is 0 Å². The van der Waals surface area contributed by atoms with Gasteiger partial charge in [-0.15, -0.1) is 11.8 Å². The molecule has 6 heteroatoms. The van der Waals surface area contributed by atoms with Crippen LogP contribution in [0.2, 0.25) is 5.02 Å². The van der Waals surface area contributed by atoms with Crippen LogP contribution in [-0.2, 0) is 4.79 Å². The maximum absolute atomic E-state index is 11.6. The van der Waals surface area contributed by atoms with Gasteiger partial charge in [-0.2, -0.15) is 11.8 Å². The molecule has 3 nitrogen and oxygen atoms in total. The minimum Gasteiger partial charge on any atom is -0.354 e. The first kappa shape index (κ1) is 16.7. The van der Waals surface area contributed by atoms with Crippen LogP contribution in [0.5, 0.6) is 0 Å². The monoisotopic (exact) mass is 318 g/mol. The molecule has 0 aromatic heterocycles. The second-order valence-corrected chi connectivity index (χ2v) is 6.57. The fourth-order valence-corrected chi connectivity index (χ4v) is 2.76. The Kier molecular flexibility index (Phi) is 8.37. The van der Waals surface area contributed by atoms with E-state index in [9.17, 15) is 4.79 Å². The van der Waals surface area contributed by atoms with Gasteiger partial charge in [0, 0.05) is 22.2 Å². The minimum absolute atomic E-state index is 0.0641. The molecule has 1 unspecified atom stereocenters. The lowest BCUT2D eigenvalue weighted by molar-refractivity contribution is -0.122.